The van der Waals surface area contributed by atoms with E-state index in [0.29, 0.717) is 11.3 Å². The maximum absolute atomic E-state index is 13.1. The zero-order valence-corrected chi connectivity index (χ0v) is 22.0. The smallest absolute Gasteiger partial charge is 0.339 e. The third-order valence-corrected chi connectivity index (χ3v) is 8.00. The summed E-state index contributed by atoms with van der Waals surface area (Å²) >= 11 is 0.788. The Morgan fingerprint density at radius 2 is 1.63 bits per heavy atom. The minimum absolute atomic E-state index is 0.0138. The summed E-state index contributed by atoms with van der Waals surface area (Å²) in [5.74, 6) is 0.237. The van der Waals surface area contributed by atoms with E-state index < -0.39 is 21.3 Å². The molecule has 1 saturated heterocycles. The highest BCUT2D eigenvalue weighted by molar-refractivity contribution is 8.18. The molecule has 4 aromatic carbocycles. The molecule has 0 unspecified atom stereocenters. The minimum atomic E-state index is -4.15. The second-order valence-electron chi connectivity index (χ2n) is 8.58. The number of imide groups is 1. The average molecular weight is 546 g/mol. The highest BCUT2D eigenvalue weighted by atomic mass is 32.2. The van der Waals surface area contributed by atoms with E-state index in [9.17, 15) is 18.0 Å². The van der Waals surface area contributed by atoms with Crippen molar-refractivity contribution < 1.29 is 26.9 Å². The molecule has 1 aliphatic heterocycles. The molecule has 1 aliphatic rings. The maximum atomic E-state index is 13.1. The van der Waals surface area contributed by atoms with Crippen LogP contribution in [0.4, 0.5) is 4.79 Å². The molecule has 9 heteroatoms. The number of ether oxygens (including phenoxy) is 1. The SMILES string of the molecule is Cc1cccc(OCCN2C(=O)S/C(=C\c3ccccc3OS(=O)(=O)c3ccc4ccccc4c3)C2=O)c1. The zero-order chi connectivity index (χ0) is 26.7. The molecule has 4 aromatic rings. The summed E-state index contributed by atoms with van der Waals surface area (Å²) < 4.78 is 37.3. The number of rotatable bonds is 8. The molecule has 0 aromatic heterocycles. The van der Waals surface area contributed by atoms with Gasteiger partial charge in [0, 0.05) is 5.56 Å². The van der Waals surface area contributed by atoms with Gasteiger partial charge in [-0.05, 0) is 71.4 Å². The first kappa shape index (κ1) is 25.6. The molecular formula is C29H23NO6S2. The van der Waals surface area contributed by atoms with Crippen molar-refractivity contribution in [2.24, 2.45) is 0 Å². The summed E-state index contributed by atoms with van der Waals surface area (Å²) in [6.07, 6.45) is 1.47. The Balaban J connectivity index is 1.32. The van der Waals surface area contributed by atoms with Gasteiger partial charge in [-0.3, -0.25) is 14.5 Å². The van der Waals surface area contributed by atoms with E-state index in [4.69, 9.17) is 8.92 Å². The van der Waals surface area contributed by atoms with Gasteiger partial charge < -0.3 is 8.92 Å². The van der Waals surface area contributed by atoms with E-state index in [1.165, 1.54) is 18.2 Å². The van der Waals surface area contributed by atoms with Crippen LogP contribution in [-0.4, -0.2) is 37.6 Å². The van der Waals surface area contributed by atoms with Gasteiger partial charge in [-0.2, -0.15) is 8.42 Å². The fraction of sp³-hybridized carbons (Fsp3) is 0.103. The van der Waals surface area contributed by atoms with Gasteiger partial charge in [0.25, 0.3) is 11.1 Å². The number of aryl methyl sites for hydroxylation is 1. The van der Waals surface area contributed by atoms with Crippen LogP contribution in [0.1, 0.15) is 11.1 Å². The Kier molecular flexibility index (Phi) is 7.22. The lowest BCUT2D eigenvalue weighted by Crippen LogP contribution is -2.32. The molecule has 38 heavy (non-hydrogen) atoms. The van der Waals surface area contributed by atoms with Crippen molar-refractivity contribution in [2.45, 2.75) is 11.8 Å². The fourth-order valence-corrected chi connectivity index (χ4v) is 5.81. The molecule has 1 heterocycles. The summed E-state index contributed by atoms with van der Waals surface area (Å²) in [6.45, 7) is 2.19. The maximum Gasteiger partial charge on any atom is 0.339 e. The summed E-state index contributed by atoms with van der Waals surface area (Å²) in [7, 11) is -4.15. The quantitative estimate of drug-likeness (QED) is 0.197. The number of amides is 2. The number of hydrogen-bond donors (Lipinski definition) is 0. The normalized spacial score (nSPS) is 14.9. The van der Waals surface area contributed by atoms with Crippen molar-refractivity contribution in [1.29, 1.82) is 0 Å². The lowest BCUT2D eigenvalue weighted by atomic mass is 10.1. The molecular weight excluding hydrogens is 522 g/mol. The molecule has 5 rings (SSSR count). The van der Waals surface area contributed by atoms with Gasteiger partial charge in [0.2, 0.25) is 0 Å². The van der Waals surface area contributed by atoms with Crippen LogP contribution in [0.25, 0.3) is 16.8 Å². The Labute approximate surface area is 224 Å². The van der Waals surface area contributed by atoms with Crippen molar-refractivity contribution in [3.63, 3.8) is 0 Å². The summed E-state index contributed by atoms with van der Waals surface area (Å²) in [5.41, 5.74) is 1.40. The van der Waals surface area contributed by atoms with Crippen LogP contribution in [-0.2, 0) is 14.9 Å². The predicted molar refractivity (Wildman–Crippen MR) is 148 cm³/mol. The fourth-order valence-electron chi connectivity index (χ4n) is 3.96. The lowest BCUT2D eigenvalue weighted by molar-refractivity contribution is -0.123. The van der Waals surface area contributed by atoms with Crippen molar-refractivity contribution in [2.75, 3.05) is 13.2 Å². The highest BCUT2D eigenvalue weighted by Gasteiger charge is 2.35. The first-order valence-corrected chi connectivity index (χ1v) is 14.0. The van der Waals surface area contributed by atoms with E-state index in [1.807, 2.05) is 55.5 Å². The molecule has 7 nitrogen and oxygen atoms in total. The Morgan fingerprint density at radius 1 is 0.868 bits per heavy atom. The molecule has 0 bridgehead atoms. The summed E-state index contributed by atoms with van der Waals surface area (Å²) in [4.78, 5) is 26.8. The molecule has 2 amide bonds. The second-order valence-corrected chi connectivity index (χ2v) is 11.1. The Bertz CT molecular complexity index is 1680. The molecule has 192 valence electrons. The number of carbonyl (C=O) groups is 2. The van der Waals surface area contributed by atoms with Crippen LogP contribution in [0.5, 0.6) is 11.5 Å². The van der Waals surface area contributed by atoms with Gasteiger partial charge in [-0.15, -0.1) is 0 Å². The van der Waals surface area contributed by atoms with Gasteiger partial charge in [-0.25, -0.2) is 0 Å². The molecule has 0 atom stereocenters. The lowest BCUT2D eigenvalue weighted by Gasteiger charge is -2.13. The third-order valence-electron chi connectivity index (χ3n) is 5.86. The zero-order valence-electron chi connectivity index (χ0n) is 20.4. The summed E-state index contributed by atoms with van der Waals surface area (Å²) in [6, 6.07) is 26.1. The Hall–Kier alpha value is -4.08. The van der Waals surface area contributed by atoms with E-state index in [-0.39, 0.29) is 28.7 Å². The van der Waals surface area contributed by atoms with Crippen LogP contribution >= 0.6 is 11.8 Å². The topological polar surface area (TPSA) is 90.0 Å². The van der Waals surface area contributed by atoms with E-state index >= 15 is 0 Å². The first-order chi connectivity index (χ1) is 18.3. The summed E-state index contributed by atoms with van der Waals surface area (Å²) in [5, 5.41) is 1.26. The third kappa shape index (κ3) is 5.58. The standard InChI is InChI=1S/C29H23NO6S2/c1-20-7-6-11-24(17-20)35-16-15-30-28(31)27(37-29(30)32)19-23-10-4-5-12-26(23)36-38(33,34)25-14-13-21-8-2-3-9-22(21)18-25/h2-14,17-19H,15-16H2,1H3/b27-19-. The van der Waals surface area contributed by atoms with Crippen molar-refractivity contribution >= 4 is 49.9 Å². The number of fused-ring (bicyclic) bond motifs is 1. The van der Waals surface area contributed by atoms with Crippen LogP contribution in [0.15, 0.2) is 101 Å². The number of para-hydroxylation sites is 1. The van der Waals surface area contributed by atoms with Crippen LogP contribution < -0.4 is 8.92 Å². The molecule has 0 aliphatic carbocycles. The van der Waals surface area contributed by atoms with Crippen LogP contribution in [0, 0.1) is 6.92 Å². The number of nitrogens with zero attached hydrogens (tertiary/aromatic N) is 1. The van der Waals surface area contributed by atoms with Gasteiger partial charge in [0.15, 0.2) is 0 Å². The van der Waals surface area contributed by atoms with E-state index in [1.54, 1.807) is 30.3 Å². The molecule has 1 fully saturated rings. The van der Waals surface area contributed by atoms with Crippen molar-refractivity contribution in [3.8, 4) is 11.5 Å². The van der Waals surface area contributed by atoms with Crippen LogP contribution in [0.2, 0.25) is 0 Å². The molecule has 0 radical (unpaired) electrons. The van der Waals surface area contributed by atoms with Gasteiger partial charge in [0.05, 0.1) is 11.4 Å². The number of benzene rings is 4. The van der Waals surface area contributed by atoms with Gasteiger partial charge >= 0.3 is 10.1 Å². The predicted octanol–water partition coefficient (Wildman–Crippen LogP) is 6.03. The second kappa shape index (κ2) is 10.7. The highest BCUT2D eigenvalue weighted by Crippen LogP contribution is 2.34. The average Bonchev–Trinajstić information content (AvgIpc) is 3.17. The monoisotopic (exact) mass is 545 g/mol. The molecule has 0 spiro atoms. The van der Waals surface area contributed by atoms with Crippen molar-refractivity contribution in [1.82, 2.24) is 4.90 Å². The Morgan fingerprint density at radius 3 is 2.45 bits per heavy atom. The first-order valence-electron chi connectivity index (χ1n) is 11.8. The minimum Gasteiger partial charge on any atom is -0.492 e. The number of carbonyl (C=O) groups excluding carboxylic acids is 2. The number of thioether (sulfide) groups is 1. The van der Waals surface area contributed by atoms with Gasteiger partial charge in [-0.1, -0.05) is 60.7 Å². The molecule has 0 saturated carbocycles. The van der Waals surface area contributed by atoms with Crippen LogP contribution in [0.3, 0.4) is 0 Å². The number of hydrogen-bond acceptors (Lipinski definition) is 7. The van der Waals surface area contributed by atoms with Gasteiger partial charge in [0.1, 0.15) is 23.0 Å². The van der Waals surface area contributed by atoms with E-state index in [2.05, 4.69) is 0 Å². The van der Waals surface area contributed by atoms with Crippen molar-refractivity contribution in [3.05, 3.63) is 107 Å². The van der Waals surface area contributed by atoms with E-state index in [0.717, 1.165) is 33.0 Å². The largest absolute Gasteiger partial charge is 0.492 e. The molecule has 0 N–H and O–H groups in total.